The molecule has 0 aliphatic rings. The van der Waals surface area contributed by atoms with Crippen molar-refractivity contribution in [3.8, 4) is 0 Å². The van der Waals surface area contributed by atoms with Crippen molar-refractivity contribution in [2.24, 2.45) is 0 Å². The van der Waals surface area contributed by atoms with Crippen LogP contribution < -0.4 is 0 Å². The van der Waals surface area contributed by atoms with Crippen LogP contribution in [0.4, 0.5) is 17.1 Å². The molecular formula is C22H18N3O9Si. The van der Waals surface area contributed by atoms with Gasteiger partial charge in [-0.3, -0.25) is 30.3 Å². The summed E-state index contributed by atoms with van der Waals surface area (Å²) in [5.74, 6) is 0. The van der Waals surface area contributed by atoms with Gasteiger partial charge in [0.05, 0.1) is 51.3 Å². The summed E-state index contributed by atoms with van der Waals surface area (Å²) in [6.07, 6.45) is 0. The highest BCUT2D eigenvalue weighted by Crippen LogP contribution is 2.27. The largest absolute Gasteiger partial charge is 0.327 e. The molecule has 0 amide bonds. The van der Waals surface area contributed by atoms with Crippen LogP contribution >= 0.6 is 0 Å². The summed E-state index contributed by atoms with van der Waals surface area (Å²) in [6.45, 7) is -1.02. The van der Waals surface area contributed by atoms with Gasteiger partial charge in [0.2, 0.25) is 5.60 Å². The molecule has 3 aromatic rings. The van der Waals surface area contributed by atoms with Gasteiger partial charge in [-0.1, -0.05) is 36.4 Å². The predicted molar refractivity (Wildman–Crippen MR) is 122 cm³/mol. The van der Waals surface area contributed by atoms with Gasteiger partial charge in [-0.2, -0.15) is 0 Å². The van der Waals surface area contributed by atoms with Gasteiger partial charge in [-0.25, -0.2) is 0 Å². The molecular weight excluding hydrogens is 478 g/mol. The van der Waals surface area contributed by atoms with E-state index in [9.17, 15) is 30.3 Å². The molecule has 3 radical (unpaired) electrons. The van der Waals surface area contributed by atoms with Crippen LogP contribution in [0.5, 0.6) is 0 Å². The molecule has 3 rings (SSSR count). The molecule has 0 saturated heterocycles. The molecule has 13 heteroatoms. The van der Waals surface area contributed by atoms with E-state index in [1.54, 1.807) is 18.2 Å². The summed E-state index contributed by atoms with van der Waals surface area (Å²) in [5.41, 5.74) is -2.01. The number of hydrogen-bond acceptors (Lipinski definition) is 9. The third-order valence-corrected chi connectivity index (χ3v) is 5.25. The third kappa shape index (κ3) is 6.74. The van der Waals surface area contributed by atoms with Gasteiger partial charge in [-0.15, -0.1) is 0 Å². The van der Waals surface area contributed by atoms with E-state index in [0.29, 0.717) is 0 Å². The van der Waals surface area contributed by atoms with E-state index >= 15 is 0 Å². The summed E-state index contributed by atoms with van der Waals surface area (Å²) in [6, 6.07) is 17.6. The topological polar surface area (TPSA) is 157 Å². The van der Waals surface area contributed by atoms with Crippen LogP contribution in [0, 0.1) is 30.3 Å². The van der Waals surface area contributed by atoms with Crippen molar-refractivity contribution >= 4 is 27.3 Å². The zero-order valence-corrected chi connectivity index (χ0v) is 19.1. The van der Waals surface area contributed by atoms with E-state index in [1.807, 2.05) is 0 Å². The zero-order valence-electron chi connectivity index (χ0n) is 18.1. The van der Waals surface area contributed by atoms with E-state index in [0.717, 1.165) is 0 Å². The molecule has 35 heavy (non-hydrogen) atoms. The first-order chi connectivity index (χ1) is 16.7. The van der Waals surface area contributed by atoms with E-state index in [2.05, 4.69) is 10.2 Å². The monoisotopic (exact) mass is 496 g/mol. The minimum Gasteiger partial charge on any atom is -0.327 e. The smallest absolute Gasteiger partial charge is 0.274 e. The van der Waals surface area contributed by atoms with Gasteiger partial charge in [0.25, 0.3) is 17.1 Å². The van der Waals surface area contributed by atoms with Gasteiger partial charge >= 0.3 is 0 Å². The van der Waals surface area contributed by atoms with Crippen molar-refractivity contribution < 1.29 is 29.0 Å². The van der Waals surface area contributed by atoms with Gasteiger partial charge < -0.3 is 14.2 Å². The van der Waals surface area contributed by atoms with Crippen molar-refractivity contribution in [2.45, 2.75) is 25.4 Å². The third-order valence-electron chi connectivity index (χ3n) is 4.82. The molecule has 0 fully saturated rings. The molecule has 0 bridgehead atoms. The lowest BCUT2D eigenvalue weighted by molar-refractivity contribution is -0.389. The Bertz CT molecular complexity index is 1090. The Kier molecular flexibility index (Phi) is 8.33. The molecule has 0 atom stereocenters. The SMILES string of the molecule is O=[N+]([O-])c1ccccc1COC([Si])(OCc1ccccc1[N+](=O)[O-])OCc1ccccc1[N+](=O)[O-]. The van der Waals surface area contributed by atoms with Crippen molar-refractivity contribution in [3.63, 3.8) is 0 Å². The number of hydrogen-bond donors (Lipinski definition) is 0. The quantitative estimate of drug-likeness (QED) is 0.155. The van der Waals surface area contributed by atoms with Crippen LogP contribution in [0.1, 0.15) is 16.7 Å². The Hall–Kier alpha value is -4.04. The molecule has 0 aromatic heterocycles. The molecule has 0 aliphatic heterocycles. The standard InChI is InChI=1S/C22H18N3O9Si/c26-23(27)19-10-4-1-7-16(19)13-32-22(35,33-14-17-8-2-5-11-20(17)24(28)29)34-15-18-9-3-6-12-21(18)25(30)31/h1-12H,13-15H2. The van der Waals surface area contributed by atoms with Crippen LogP contribution in [0.2, 0.25) is 0 Å². The number of rotatable bonds is 12. The maximum absolute atomic E-state index is 11.3. The zero-order chi connectivity index (χ0) is 25.4. The van der Waals surface area contributed by atoms with Crippen molar-refractivity contribution in [1.29, 1.82) is 0 Å². The first-order valence-corrected chi connectivity index (χ1v) is 10.5. The minimum atomic E-state index is -2.06. The average Bonchev–Trinajstić information content (AvgIpc) is 2.85. The molecule has 0 unspecified atom stereocenters. The van der Waals surface area contributed by atoms with E-state index < -0.39 is 20.4 Å². The number of nitrogens with zero attached hydrogens (tertiary/aromatic N) is 3. The Morgan fingerprint density at radius 3 is 1.09 bits per heavy atom. The normalized spacial score (nSPS) is 11.2. The summed E-state index contributed by atoms with van der Waals surface area (Å²) < 4.78 is 17.0. The summed E-state index contributed by atoms with van der Waals surface area (Å²) >= 11 is 0. The van der Waals surface area contributed by atoms with Crippen LogP contribution in [0.15, 0.2) is 72.8 Å². The maximum atomic E-state index is 11.3. The highest BCUT2D eigenvalue weighted by atomic mass is 28.1. The lowest BCUT2D eigenvalue weighted by atomic mass is 10.2. The van der Waals surface area contributed by atoms with Gasteiger partial charge in [0.1, 0.15) is 0 Å². The summed E-state index contributed by atoms with van der Waals surface area (Å²) in [7, 11) is 3.23. The Morgan fingerprint density at radius 1 is 0.571 bits per heavy atom. The Labute approximate surface area is 201 Å². The number of nitro groups is 3. The lowest BCUT2D eigenvalue weighted by Crippen LogP contribution is -2.39. The van der Waals surface area contributed by atoms with Crippen LogP contribution in [0.25, 0.3) is 0 Å². The molecule has 12 nitrogen and oxygen atoms in total. The van der Waals surface area contributed by atoms with Crippen LogP contribution in [-0.2, 0) is 34.0 Å². The van der Waals surface area contributed by atoms with Crippen molar-refractivity contribution in [3.05, 3.63) is 120 Å². The first-order valence-electron chi connectivity index (χ1n) is 10.0. The number of nitro benzene ring substituents is 3. The van der Waals surface area contributed by atoms with Gasteiger partial charge in [0.15, 0.2) is 10.2 Å². The lowest BCUT2D eigenvalue weighted by Gasteiger charge is -2.30. The van der Waals surface area contributed by atoms with E-state index in [-0.39, 0.29) is 53.6 Å². The molecule has 3 aromatic carbocycles. The fraction of sp³-hybridized carbons (Fsp3) is 0.182. The van der Waals surface area contributed by atoms with Crippen LogP contribution in [-0.4, -0.2) is 30.6 Å². The molecule has 0 N–H and O–H groups in total. The number of ether oxygens (including phenoxy) is 3. The van der Waals surface area contributed by atoms with Crippen molar-refractivity contribution in [2.75, 3.05) is 0 Å². The Morgan fingerprint density at radius 2 is 0.829 bits per heavy atom. The predicted octanol–water partition coefficient (Wildman–Crippen LogP) is 4.14. The number of para-hydroxylation sites is 3. The van der Waals surface area contributed by atoms with Crippen molar-refractivity contribution in [1.82, 2.24) is 0 Å². The second kappa shape index (κ2) is 11.4. The fourth-order valence-electron chi connectivity index (χ4n) is 3.08. The Balaban J connectivity index is 1.84. The molecule has 0 heterocycles. The highest BCUT2D eigenvalue weighted by Gasteiger charge is 2.31. The molecule has 0 spiro atoms. The maximum Gasteiger partial charge on any atom is 0.274 e. The van der Waals surface area contributed by atoms with Crippen LogP contribution in [0.3, 0.4) is 0 Å². The molecule has 179 valence electrons. The average molecular weight is 496 g/mol. The fourth-order valence-corrected chi connectivity index (χ4v) is 3.29. The van der Waals surface area contributed by atoms with E-state index in [1.165, 1.54) is 54.6 Å². The minimum absolute atomic E-state index is 0.195. The summed E-state index contributed by atoms with van der Waals surface area (Å²) in [4.78, 5) is 32.2. The van der Waals surface area contributed by atoms with Gasteiger partial charge in [-0.05, 0) is 18.2 Å². The first kappa shape index (κ1) is 25.6. The highest BCUT2D eigenvalue weighted by molar-refractivity contribution is 6.12. The van der Waals surface area contributed by atoms with E-state index in [4.69, 9.17) is 14.2 Å². The van der Waals surface area contributed by atoms with Gasteiger partial charge in [0, 0.05) is 18.2 Å². The second-order valence-corrected chi connectivity index (χ2v) is 7.69. The summed E-state index contributed by atoms with van der Waals surface area (Å²) in [5, 5.41) is 34.0. The molecule has 0 aliphatic carbocycles. The second-order valence-electron chi connectivity index (χ2n) is 7.08. The molecule has 0 saturated carbocycles. The number of benzene rings is 3.